The Morgan fingerprint density at radius 3 is 2.62 bits per heavy atom. The number of methoxy groups -OCH3 is 1. The van der Waals surface area contributed by atoms with Gasteiger partial charge in [-0.1, -0.05) is 18.2 Å². The molecule has 0 unspecified atom stereocenters. The molecule has 0 aliphatic carbocycles. The number of phenolic OH excluding ortho intramolecular Hbond substituents is 1. The first-order valence-corrected chi connectivity index (χ1v) is 8.14. The summed E-state index contributed by atoms with van der Waals surface area (Å²) in [4.78, 5) is 14.4. The fourth-order valence-electron chi connectivity index (χ4n) is 2.52. The van der Waals surface area contributed by atoms with Crippen LogP contribution >= 0.6 is 0 Å². The Balaban J connectivity index is 1.76. The maximum absolute atomic E-state index is 12.8. The van der Waals surface area contributed by atoms with E-state index in [0.717, 1.165) is 5.56 Å². The standard InChI is InChI=1S/C20H20N2O4/c1-25-18-5-2-4-16(12-18)21-20(24)22(14-19-6-3-11-26-19)13-15-7-9-17(23)10-8-15/h2-12,23H,13-14H2,1H3,(H,21,24). The van der Waals surface area contributed by atoms with E-state index in [2.05, 4.69) is 5.32 Å². The number of carbonyl (C=O) groups excluding carboxylic acids is 1. The average molecular weight is 352 g/mol. The Morgan fingerprint density at radius 1 is 1.12 bits per heavy atom. The summed E-state index contributed by atoms with van der Waals surface area (Å²) in [6.07, 6.45) is 1.58. The fraction of sp³-hybridized carbons (Fsp3) is 0.150. The summed E-state index contributed by atoms with van der Waals surface area (Å²) in [6.45, 7) is 0.695. The number of aromatic hydroxyl groups is 1. The predicted octanol–water partition coefficient (Wildman–Crippen LogP) is 4.23. The van der Waals surface area contributed by atoms with Gasteiger partial charge in [-0.05, 0) is 42.0 Å². The number of benzene rings is 2. The van der Waals surface area contributed by atoms with Gasteiger partial charge >= 0.3 is 6.03 Å². The van der Waals surface area contributed by atoms with Crippen molar-refractivity contribution in [2.24, 2.45) is 0 Å². The van der Waals surface area contributed by atoms with Gasteiger partial charge in [0.25, 0.3) is 0 Å². The lowest BCUT2D eigenvalue weighted by Gasteiger charge is -2.22. The minimum atomic E-state index is -0.261. The smallest absolute Gasteiger partial charge is 0.322 e. The minimum absolute atomic E-state index is 0.187. The molecule has 134 valence electrons. The average Bonchev–Trinajstić information content (AvgIpc) is 3.16. The van der Waals surface area contributed by atoms with Crippen LogP contribution in [-0.2, 0) is 13.1 Å². The van der Waals surface area contributed by atoms with Crippen molar-refractivity contribution in [1.29, 1.82) is 0 Å². The first-order valence-electron chi connectivity index (χ1n) is 8.14. The van der Waals surface area contributed by atoms with Gasteiger partial charge in [0.15, 0.2) is 0 Å². The molecule has 0 aliphatic heterocycles. The number of nitrogens with one attached hydrogen (secondary N) is 1. The molecule has 0 spiro atoms. The van der Waals surface area contributed by atoms with Crippen molar-refractivity contribution >= 4 is 11.7 Å². The summed E-state index contributed by atoms with van der Waals surface area (Å²) in [7, 11) is 1.58. The zero-order valence-corrected chi connectivity index (χ0v) is 14.4. The molecule has 26 heavy (non-hydrogen) atoms. The van der Waals surface area contributed by atoms with Crippen LogP contribution in [0.25, 0.3) is 0 Å². The van der Waals surface area contributed by atoms with Crippen LogP contribution < -0.4 is 10.1 Å². The van der Waals surface area contributed by atoms with Gasteiger partial charge in [0.1, 0.15) is 17.3 Å². The van der Waals surface area contributed by atoms with Crippen LogP contribution in [0.4, 0.5) is 10.5 Å². The Morgan fingerprint density at radius 2 is 1.92 bits per heavy atom. The molecule has 0 radical (unpaired) electrons. The third kappa shape index (κ3) is 4.57. The molecule has 2 N–H and O–H groups in total. The number of rotatable bonds is 6. The number of phenols is 1. The summed E-state index contributed by atoms with van der Waals surface area (Å²) < 4.78 is 10.6. The van der Waals surface area contributed by atoms with Gasteiger partial charge in [-0.3, -0.25) is 0 Å². The molecule has 3 rings (SSSR count). The van der Waals surface area contributed by atoms with Crippen LogP contribution in [0.15, 0.2) is 71.3 Å². The van der Waals surface area contributed by atoms with Gasteiger partial charge in [0.05, 0.1) is 19.9 Å². The molecule has 0 atom stereocenters. The number of hydrogen-bond acceptors (Lipinski definition) is 4. The van der Waals surface area contributed by atoms with E-state index < -0.39 is 0 Å². The second-order valence-corrected chi connectivity index (χ2v) is 5.76. The number of hydrogen-bond donors (Lipinski definition) is 2. The second kappa shape index (κ2) is 8.11. The number of anilines is 1. The molecule has 3 aromatic rings. The molecule has 1 heterocycles. The SMILES string of the molecule is COc1cccc(NC(=O)N(Cc2ccc(O)cc2)Cc2ccco2)c1. The largest absolute Gasteiger partial charge is 0.508 e. The van der Waals surface area contributed by atoms with Crippen LogP contribution in [0.3, 0.4) is 0 Å². The molecule has 0 saturated heterocycles. The monoisotopic (exact) mass is 352 g/mol. The van der Waals surface area contributed by atoms with E-state index in [9.17, 15) is 9.90 Å². The van der Waals surface area contributed by atoms with Gasteiger partial charge in [0, 0.05) is 18.3 Å². The fourth-order valence-corrected chi connectivity index (χ4v) is 2.52. The zero-order valence-electron chi connectivity index (χ0n) is 14.4. The number of ether oxygens (including phenoxy) is 1. The quantitative estimate of drug-likeness (QED) is 0.696. The molecule has 2 amide bonds. The molecule has 0 bridgehead atoms. The first-order chi connectivity index (χ1) is 12.6. The minimum Gasteiger partial charge on any atom is -0.508 e. The van der Waals surface area contributed by atoms with E-state index in [-0.39, 0.29) is 11.8 Å². The number of urea groups is 1. The predicted molar refractivity (Wildman–Crippen MR) is 98.1 cm³/mol. The summed E-state index contributed by atoms with van der Waals surface area (Å²) in [5, 5.41) is 12.3. The maximum Gasteiger partial charge on any atom is 0.322 e. The van der Waals surface area contributed by atoms with Crippen molar-refractivity contribution in [1.82, 2.24) is 4.90 Å². The van der Waals surface area contributed by atoms with Crippen molar-refractivity contribution in [2.45, 2.75) is 13.1 Å². The lowest BCUT2D eigenvalue weighted by Crippen LogP contribution is -2.33. The summed E-state index contributed by atoms with van der Waals surface area (Å²) >= 11 is 0. The molecular weight excluding hydrogens is 332 g/mol. The van der Waals surface area contributed by atoms with Crippen LogP contribution in [0.5, 0.6) is 11.5 Å². The highest BCUT2D eigenvalue weighted by Crippen LogP contribution is 2.19. The molecule has 6 nitrogen and oxygen atoms in total. The highest BCUT2D eigenvalue weighted by atomic mass is 16.5. The Labute approximate surface area is 151 Å². The van der Waals surface area contributed by atoms with E-state index in [1.54, 1.807) is 60.7 Å². The lowest BCUT2D eigenvalue weighted by molar-refractivity contribution is 0.201. The molecule has 0 saturated carbocycles. The van der Waals surface area contributed by atoms with E-state index in [4.69, 9.17) is 9.15 Å². The molecule has 0 aliphatic rings. The Kier molecular flexibility index (Phi) is 5.43. The zero-order chi connectivity index (χ0) is 18.4. The van der Waals surface area contributed by atoms with Crippen molar-refractivity contribution in [2.75, 3.05) is 12.4 Å². The van der Waals surface area contributed by atoms with Gasteiger partial charge in [0.2, 0.25) is 0 Å². The molecule has 2 aromatic carbocycles. The molecule has 0 fully saturated rings. The third-order valence-corrected chi connectivity index (χ3v) is 3.84. The van der Waals surface area contributed by atoms with Crippen LogP contribution in [0, 0.1) is 0 Å². The first kappa shape index (κ1) is 17.4. The van der Waals surface area contributed by atoms with E-state index in [1.165, 1.54) is 0 Å². The topological polar surface area (TPSA) is 74.9 Å². The number of nitrogens with zero attached hydrogens (tertiary/aromatic N) is 1. The number of furan rings is 1. The second-order valence-electron chi connectivity index (χ2n) is 5.76. The van der Waals surface area contributed by atoms with E-state index in [1.807, 2.05) is 18.2 Å². The third-order valence-electron chi connectivity index (χ3n) is 3.84. The summed E-state index contributed by atoms with van der Waals surface area (Å²) in [5.41, 5.74) is 1.54. The Hall–Kier alpha value is -3.41. The normalized spacial score (nSPS) is 10.3. The molecule has 1 aromatic heterocycles. The Bertz CT molecular complexity index is 845. The van der Waals surface area contributed by atoms with E-state index >= 15 is 0 Å². The maximum atomic E-state index is 12.8. The number of amides is 2. The summed E-state index contributed by atoms with van der Waals surface area (Å²) in [5.74, 6) is 1.54. The van der Waals surface area contributed by atoms with Gasteiger partial charge in [-0.15, -0.1) is 0 Å². The highest BCUT2D eigenvalue weighted by Gasteiger charge is 2.16. The van der Waals surface area contributed by atoms with Gasteiger partial charge in [-0.2, -0.15) is 0 Å². The van der Waals surface area contributed by atoms with Crippen LogP contribution in [-0.4, -0.2) is 23.1 Å². The molecule has 6 heteroatoms. The number of carbonyl (C=O) groups is 1. The van der Waals surface area contributed by atoms with Gasteiger partial charge < -0.3 is 24.5 Å². The van der Waals surface area contributed by atoms with Crippen molar-refractivity contribution < 1.29 is 19.1 Å². The highest BCUT2D eigenvalue weighted by molar-refractivity contribution is 5.89. The lowest BCUT2D eigenvalue weighted by atomic mass is 10.2. The van der Waals surface area contributed by atoms with Gasteiger partial charge in [-0.25, -0.2) is 4.79 Å². The summed E-state index contributed by atoms with van der Waals surface area (Å²) in [6, 6.07) is 17.3. The van der Waals surface area contributed by atoms with Crippen molar-refractivity contribution in [3.63, 3.8) is 0 Å². The molecular formula is C20H20N2O4. The van der Waals surface area contributed by atoms with Crippen molar-refractivity contribution in [3.05, 3.63) is 78.3 Å². The van der Waals surface area contributed by atoms with E-state index in [0.29, 0.717) is 30.3 Å². The van der Waals surface area contributed by atoms with Crippen LogP contribution in [0.2, 0.25) is 0 Å². The van der Waals surface area contributed by atoms with Crippen molar-refractivity contribution in [3.8, 4) is 11.5 Å². The van der Waals surface area contributed by atoms with Crippen LogP contribution in [0.1, 0.15) is 11.3 Å².